The first kappa shape index (κ1) is 15.7. The smallest absolute Gasteiger partial charge is 0.293 e. The van der Waals surface area contributed by atoms with Crippen LogP contribution >= 0.6 is 0 Å². The Bertz CT molecular complexity index is 902. The van der Waals surface area contributed by atoms with Crippen molar-refractivity contribution in [3.63, 3.8) is 0 Å². The number of aryl methyl sites for hydroxylation is 1. The Balaban J connectivity index is 2.01. The van der Waals surface area contributed by atoms with Gasteiger partial charge < -0.3 is 9.42 Å². The highest BCUT2D eigenvalue weighted by molar-refractivity contribution is 5.71. The molecular weight excluding hydrogens is 308 g/mol. The largest absolute Gasteiger partial charge is 0.372 e. The molecule has 122 valence electrons. The Labute approximate surface area is 138 Å². The number of hydrogen-bond donors (Lipinski definition) is 0. The minimum Gasteiger partial charge on any atom is -0.372 e. The molecule has 7 heteroatoms. The number of benzene rings is 2. The SMILES string of the molecule is Cc1cccc(-c2noc(-c3ccc(N(C)C)c([N+](=O)[O-])c3)n2)c1. The van der Waals surface area contributed by atoms with Crippen molar-refractivity contribution in [3.05, 3.63) is 58.1 Å². The van der Waals surface area contributed by atoms with Crippen molar-refractivity contribution >= 4 is 11.4 Å². The number of hydrogen-bond acceptors (Lipinski definition) is 6. The van der Waals surface area contributed by atoms with Gasteiger partial charge in [-0.15, -0.1) is 0 Å². The number of nitro groups is 1. The number of nitro benzene ring substituents is 1. The summed E-state index contributed by atoms with van der Waals surface area (Å²) >= 11 is 0. The third kappa shape index (κ3) is 2.96. The summed E-state index contributed by atoms with van der Waals surface area (Å²) in [7, 11) is 3.51. The van der Waals surface area contributed by atoms with Gasteiger partial charge in [-0.1, -0.05) is 28.9 Å². The van der Waals surface area contributed by atoms with Gasteiger partial charge in [0.15, 0.2) is 0 Å². The van der Waals surface area contributed by atoms with Crippen molar-refractivity contribution in [2.24, 2.45) is 0 Å². The molecule has 3 aromatic rings. The number of nitrogens with zero attached hydrogens (tertiary/aromatic N) is 4. The van der Waals surface area contributed by atoms with Crippen molar-refractivity contribution in [2.75, 3.05) is 19.0 Å². The van der Waals surface area contributed by atoms with Gasteiger partial charge in [-0.2, -0.15) is 4.98 Å². The van der Waals surface area contributed by atoms with Gasteiger partial charge in [0, 0.05) is 31.3 Å². The Morgan fingerprint density at radius 1 is 1.12 bits per heavy atom. The van der Waals surface area contributed by atoms with E-state index in [4.69, 9.17) is 4.52 Å². The summed E-state index contributed by atoms with van der Waals surface area (Å²) in [5.41, 5.74) is 2.95. The average molecular weight is 324 g/mol. The van der Waals surface area contributed by atoms with Crippen LogP contribution in [-0.4, -0.2) is 29.2 Å². The molecule has 0 saturated carbocycles. The summed E-state index contributed by atoms with van der Waals surface area (Å²) in [6.45, 7) is 1.98. The van der Waals surface area contributed by atoms with E-state index in [0.717, 1.165) is 11.1 Å². The molecule has 0 saturated heterocycles. The fraction of sp³-hybridized carbons (Fsp3) is 0.176. The molecular formula is C17H16N4O3. The zero-order valence-corrected chi connectivity index (χ0v) is 13.6. The van der Waals surface area contributed by atoms with Crippen LogP contribution in [0.1, 0.15) is 5.56 Å². The van der Waals surface area contributed by atoms with E-state index in [0.29, 0.717) is 17.1 Å². The zero-order chi connectivity index (χ0) is 17.3. The van der Waals surface area contributed by atoms with Gasteiger partial charge >= 0.3 is 0 Å². The monoisotopic (exact) mass is 324 g/mol. The molecule has 0 fully saturated rings. The molecule has 0 amide bonds. The molecule has 1 heterocycles. The fourth-order valence-electron chi connectivity index (χ4n) is 2.42. The minimum absolute atomic E-state index is 0.00666. The molecule has 7 nitrogen and oxygen atoms in total. The molecule has 0 aliphatic heterocycles. The summed E-state index contributed by atoms with van der Waals surface area (Å²) in [5.74, 6) is 0.702. The van der Waals surface area contributed by atoms with Crippen LogP contribution in [0.2, 0.25) is 0 Å². The number of rotatable bonds is 4. The molecule has 2 aromatic carbocycles. The van der Waals surface area contributed by atoms with Gasteiger partial charge in [-0.05, 0) is 25.1 Å². The molecule has 0 spiro atoms. The first-order chi connectivity index (χ1) is 11.5. The van der Waals surface area contributed by atoms with Crippen LogP contribution in [0.5, 0.6) is 0 Å². The molecule has 0 aliphatic carbocycles. The molecule has 0 atom stereocenters. The highest BCUT2D eigenvalue weighted by Gasteiger charge is 2.19. The van der Waals surface area contributed by atoms with E-state index in [2.05, 4.69) is 10.1 Å². The van der Waals surface area contributed by atoms with Crippen LogP contribution in [0.3, 0.4) is 0 Å². The number of anilines is 1. The Morgan fingerprint density at radius 2 is 1.92 bits per heavy atom. The quantitative estimate of drug-likeness (QED) is 0.537. The Kier molecular flexibility index (Phi) is 3.99. The lowest BCUT2D eigenvalue weighted by Gasteiger charge is -2.12. The van der Waals surface area contributed by atoms with Gasteiger partial charge in [-0.3, -0.25) is 10.1 Å². The predicted molar refractivity (Wildman–Crippen MR) is 90.9 cm³/mol. The first-order valence-corrected chi connectivity index (χ1v) is 7.32. The second kappa shape index (κ2) is 6.11. The highest BCUT2D eigenvalue weighted by atomic mass is 16.6. The topological polar surface area (TPSA) is 85.3 Å². The molecule has 0 N–H and O–H groups in total. The molecule has 3 rings (SSSR count). The molecule has 0 unspecified atom stereocenters. The zero-order valence-electron chi connectivity index (χ0n) is 13.6. The van der Waals surface area contributed by atoms with Crippen LogP contribution in [0.25, 0.3) is 22.8 Å². The standard InChI is InChI=1S/C17H16N4O3/c1-11-5-4-6-12(9-11)16-18-17(24-19-16)13-7-8-14(20(2)3)15(10-13)21(22)23/h4-10H,1-3H3. The van der Waals surface area contributed by atoms with Crippen LogP contribution in [0.15, 0.2) is 47.0 Å². The summed E-state index contributed by atoms with van der Waals surface area (Å²) in [4.78, 5) is 16.9. The summed E-state index contributed by atoms with van der Waals surface area (Å²) in [5, 5.41) is 15.3. The van der Waals surface area contributed by atoms with Gasteiger partial charge in [0.05, 0.1) is 4.92 Å². The Hall–Kier alpha value is -3.22. The summed E-state index contributed by atoms with van der Waals surface area (Å²) < 4.78 is 5.28. The van der Waals surface area contributed by atoms with Crippen molar-refractivity contribution in [2.45, 2.75) is 6.92 Å². The molecule has 1 aromatic heterocycles. The van der Waals surface area contributed by atoms with E-state index >= 15 is 0 Å². The van der Waals surface area contributed by atoms with Gasteiger partial charge in [0.1, 0.15) is 5.69 Å². The summed E-state index contributed by atoms with van der Waals surface area (Å²) in [6.07, 6.45) is 0. The normalized spacial score (nSPS) is 10.6. The maximum atomic E-state index is 11.3. The van der Waals surface area contributed by atoms with Crippen LogP contribution in [0.4, 0.5) is 11.4 Å². The van der Waals surface area contributed by atoms with Crippen LogP contribution < -0.4 is 4.90 Å². The average Bonchev–Trinajstić information content (AvgIpc) is 3.04. The first-order valence-electron chi connectivity index (χ1n) is 7.32. The summed E-state index contributed by atoms with van der Waals surface area (Å²) in [6, 6.07) is 12.6. The lowest BCUT2D eigenvalue weighted by Crippen LogP contribution is -2.10. The molecule has 24 heavy (non-hydrogen) atoms. The lowest BCUT2D eigenvalue weighted by molar-refractivity contribution is -0.384. The van der Waals surface area contributed by atoms with Gasteiger partial charge in [0.25, 0.3) is 11.6 Å². The fourth-order valence-corrected chi connectivity index (χ4v) is 2.42. The third-order valence-corrected chi connectivity index (χ3v) is 3.60. The predicted octanol–water partition coefficient (Wildman–Crippen LogP) is 3.69. The second-order valence-electron chi connectivity index (χ2n) is 5.65. The number of aromatic nitrogens is 2. The maximum absolute atomic E-state index is 11.3. The van der Waals surface area contributed by atoms with Crippen LogP contribution in [-0.2, 0) is 0 Å². The van der Waals surface area contributed by atoms with E-state index in [1.165, 1.54) is 6.07 Å². The van der Waals surface area contributed by atoms with E-state index in [9.17, 15) is 10.1 Å². The van der Waals surface area contributed by atoms with Crippen LogP contribution in [0, 0.1) is 17.0 Å². The molecule has 0 aliphatic rings. The van der Waals surface area contributed by atoms with Gasteiger partial charge in [-0.25, -0.2) is 0 Å². The van der Waals surface area contributed by atoms with Crippen molar-refractivity contribution in [1.82, 2.24) is 10.1 Å². The van der Waals surface area contributed by atoms with Crippen molar-refractivity contribution in [3.8, 4) is 22.8 Å². The van der Waals surface area contributed by atoms with E-state index in [1.54, 1.807) is 31.1 Å². The van der Waals surface area contributed by atoms with E-state index in [-0.39, 0.29) is 11.6 Å². The lowest BCUT2D eigenvalue weighted by atomic mass is 10.1. The van der Waals surface area contributed by atoms with E-state index in [1.807, 2.05) is 31.2 Å². The Morgan fingerprint density at radius 3 is 2.58 bits per heavy atom. The molecule has 0 bridgehead atoms. The maximum Gasteiger partial charge on any atom is 0.293 e. The highest BCUT2D eigenvalue weighted by Crippen LogP contribution is 2.32. The minimum atomic E-state index is -0.420. The van der Waals surface area contributed by atoms with Crippen molar-refractivity contribution in [1.29, 1.82) is 0 Å². The van der Waals surface area contributed by atoms with E-state index < -0.39 is 4.92 Å². The third-order valence-electron chi connectivity index (χ3n) is 3.60. The second-order valence-corrected chi connectivity index (χ2v) is 5.65. The molecule has 0 radical (unpaired) electrons. The van der Waals surface area contributed by atoms with Crippen molar-refractivity contribution < 1.29 is 9.45 Å². The van der Waals surface area contributed by atoms with Gasteiger partial charge in [0.2, 0.25) is 5.82 Å².